The van der Waals surface area contributed by atoms with E-state index in [1.54, 1.807) is 43.4 Å². The van der Waals surface area contributed by atoms with Crippen LogP contribution >= 0.6 is 23.2 Å². The molecule has 12 heteroatoms. The van der Waals surface area contributed by atoms with E-state index in [1.165, 1.54) is 0 Å². The highest BCUT2D eigenvalue weighted by molar-refractivity contribution is 6.43. The second-order valence-electron chi connectivity index (χ2n) is 15.1. The molecule has 2 aliphatic carbocycles. The summed E-state index contributed by atoms with van der Waals surface area (Å²) in [5.74, 6) is 0.384. The van der Waals surface area contributed by atoms with Crippen LogP contribution in [0, 0.1) is 35.9 Å². The van der Waals surface area contributed by atoms with Gasteiger partial charge in [-0.15, -0.1) is 0 Å². The molecule has 0 unspecified atom stereocenters. The summed E-state index contributed by atoms with van der Waals surface area (Å²) in [7, 11) is 1.59. The van der Waals surface area contributed by atoms with E-state index >= 15 is 4.39 Å². The Bertz CT molecular complexity index is 2410. The van der Waals surface area contributed by atoms with Gasteiger partial charge in [-0.2, -0.15) is 5.26 Å². The molecule has 276 valence electrons. The maximum absolute atomic E-state index is 17.2. The third kappa shape index (κ3) is 5.71. The topological polar surface area (TPSA) is 112 Å². The van der Waals surface area contributed by atoms with Gasteiger partial charge < -0.3 is 24.8 Å². The van der Waals surface area contributed by atoms with Crippen molar-refractivity contribution >= 4 is 56.8 Å². The fourth-order valence-electron chi connectivity index (χ4n) is 9.12. The summed E-state index contributed by atoms with van der Waals surface area (Å²) in [6.07, 6.45) is 3.54. The van der Waals surface area contributed by atoms with E-state index in [-0.39, 0.29) is 58.9 Å². The van der Waals surface area contributed by atoms with Crippen LogP contribution in [0.1, 0.15) is 71.5 Å². The van der Waals surface area contributed by atoms with E-state index in [4.69, 9.17) is 32.9 Å². The van der Waals surface area contributed by atoms with Crippen molar-refractivity contribution in [2.24, 2.45) is 11.8 Å². The second kappa shape index (κ2) is 13.6. The Balaban J connectivity index is 1.23. The largest absolute Gasteiger partial charge is 0.488 e. The number of aryl methyl sites for hydroxylation is 2. The molecular formula is C42H39Cl2FN6O3. The summed E-state index contributed by atoms with van der Waals surface area (Å²) in [6, 6.07) is 18.7. The van der Waals surface area contributed by atoms with Gasteiger partial charge in [0, 0.05) is 77.2 Å². The number of nitriles is 1. The molecule has 2 saturated carbocycles. The molecule has 2 aromatic heterocycles. The normalized spacial score (nSPS) is 23.1. The van der Waals surface area contributed by atoms with Gasteiger partial charge in [0.05, 0.1) is 40.3 Å². The van der Waals surface area contributed by atoms with Gasteiger partial charge in [-0.1, -0.05) is 41.4 Å². The lowest BCUT2D eigenvalue weighted by molar-refractivity contribution is -0.133. The molecule has 10 rings (SSSR count). The highest BCUT2D eigenvalue weighted by atomic mass is 35.5. The first-order valence-corrected chi connectivity index (χ1v) is 19.4. The number of amides is 2. The lowest BCUT2D eigenvalue weighted by Crippen LogP contribution is -2.41. The summed E-state index contributed by atoms with van der Waals surface area (Å²) in [5, 5.41) is 18.1. The number of hydrogen-bond acceptors (Lipinski definition) is 6. The highest BCUT2D eigenvalue weighted by Gasteiger charge is 2.51. The van der Waals surface area contributed by atoms with Crippen molar-refractivity contribution in [2.45, 2.75) is 69.7 Å². The fourth-order valence-corrected chi connectivity index (χ4v) is 9.51. The second-order valence-corrected chi connectivity index (χ2v) is 15.9. The summed E-state index contributed by atoms with van der Waals surface area (Å²) >= 11 is 13.1. The molecule has 5 atom stereocenters. The predicted molar refractivity (Wildman–Crippen MR) is 206 cm³/mol. The molecule has 3 saturated heterocycles. The Hall–Kier alpha value is -4.69. The summed E-state index contributed by atoms with van der Waals surface area (Å²) in [5.41, 5.74) is 4.70. The zero-order valence-electron chi connectivity index (χ0n) is 30.0. The third-order valence-electron chi connectivity index (χ3n) is 11.9. The lowest BCUT2D eigenvalue weighted by Gasteiger charge is -2.39. The Morgan fingerprint density at radius 3 is 2.65 bits per heavy atom. The van der Waals surface area contributed by atoms with E-state index in [0.29, 0.717) is 69.4 Å². The van der Waals surface area contributed by atoms with Crippen LogP contribution in [-0.4, -0.2) is 58.5 Å². The molecule has 5 heterocycles. The Labute approximate surface area is 322 Å². The third-order valence-corrected chi connectivity index (χ3v) is 12.7. The summed E-state index contributed by atoms with van der Waals surface area (Å²) < 4.78 is 26.2. The minimum absolute atomic E-state index is 0.0000346. The SMILES string of the molecule is CNC(=O)c1cccc(O[C@H]2C[C@H](c3cc4c(C)nc5c(F)c(-c6cccc(Cl)c6Cl)c(CCC#N)cc5c4n3[C@H]3[C@H]4CN[C@@H]3C4)N(C(=O)C3CC3)C2)c1. The monoisotopic (exact) mass is 764 g/mol. The number of hydrogen-bond donors (Lipinski definition) is 2. The molecule has 2 bridgehead atoms. The maximum Gasteiger partial charge on any atom is 0.251 e. The number of rotatable bonds is 9. The van der Waals surface area contributed by atoms with E-state index in [1.807, 2.05) is 24.0 Å². The zero-order valence-corrected chi connectivity index (χ0v) is 31.5. The van der Waals surface area contributed by atoms with Gasteiger partial charge in [0.25, 0.3) is 5.91 Å². The smallest absolute Gasteiger partial charge is 0.251 e. The molecule has 9 nitrogen and oxygen atoms in total. The number of carbonyl (C=O) groups excluding carboxylic acids is 2. The Morgan fingerprint density at radius 2 is 1.93 bits per heavy atom. The first-order chi connectivity index (χ1) is 26.2. The summed E-state index contributed by atoms with van der Waals surface area (Å²) in [4.78, 5) is 33.4. The molecule has 0 spiro atoms. The number of benzene rings is 3. The van der Waals surface area contributed by atoms with Crippen molar-refractivity contribution in [3.63, 3.8) is 0 Å². The van der Waals surface area contributed by atoms with Crippen molar-refractivity contribution < 1.29 is 18.7 Å². The first-order valence-electron chi connectivity index (χ1n) is 18.7. The quantitative estimate of drug-likeness (QED) is 0.157. The van der Waals surface area contributed by atoms with Gasteiger partial charge in [-0.25, -0.2) is 9.37 Å². The average molecular weight is 766 g/mol. The number of ether oxygens (including phenoxy) is 1. The molecule has 2 N–H and O–H groups in total. The van der Waals surface area contributed by atoms with Crippen LogP contribution in [0.4, 0.5) is 4.39 Å². The number of aromatic nitrogens is 2. The van der Waals surface area contributed by atoms with E-state index in [2.05, 4.69) is 27.3 Å². The average Bonchev–Trinajstić information content (AvgIpc) is 3.45. The Kier molecular flexibility index (Phi) is 8.80. The Morgan fingerprint density at radius 1 is 1.11 bits per heavy atom. The summed E-state index contributed by atoms with van der Waals surface area (Å²) in [6.45, 7) is 3.21. The molecular weight excluding hydrogens is 726 g/mol. The van der Waals surface area contributed by atoms with Crippen LogP contribution in [-0.2, 0) is 11.2 Å². The van der Waals surface area contributed by atoms with Crippen molar-refractivity contribution in [3.05, 3.63) is 93.0 Å². The maximum atomic E-state index is 17.2. The molecule has 5 aromatic rings. The number of nitrogens with one attached hydrogen (secondary N) is 2. The van der Waals surface area contributed by atoms with Crippen LogP contribution < -0.4 is 15.4 Å². The molecule has 0 radical (unpaired) electrons. The van der Waals surface area contributed by atoms with Crippen LogP contribution in [0.3, 0.4) is 0 Å². The molecule has 54 heavy (non-hydrogen) atoms. The van der Waals surface area contributed by atoms with E-state index in [9.17, 15) is 14.9 Å². The number of halogens is 3. The number of carbonyl (C=O) groups is 2. The number of likely N-dealkylation sites (tertiary alicyclic amines) is 1. The fraction of sp³-hybridized carbons (Fsp3) is 0.381. The van der Waals surface area contributed by atoms with Gasteiger partial charge in [-0.05, 0) is 80.5 Å². The molecule has 5 fully saturated rings. The van der Waals surface area contributed by atoms with Crippen molar-refractivity contribution in [1.82, 2.24) is 25.1 Å². The van der Waals surface area contributed by atoms with Crippen LogP contribution in [0.5, 0.6) is 5.75 Å². The van der Waals surface area contributed by atoms with Crippen molar-refractivity contribution in [1.29, 1.82) is 5.26 Å². The van der Waals surface area contributed by atoms with E-state index in [0.717, 1.165) is 42.4 Å². The van der Waals surface area contributed by atoms with Gasteiger partial charge in [-0.3, -0.25) is 9.59 Å². The van der Waals surface area contributed by atoms with Crippen LogP contribution in [0.25, 0.3) is 32.9 Å². The first kappa shape index (κ1) is 35.0. The minimum atomic E-state index is -0.502. The lowest BCUT2D eigenvalue weighted by atomic mass is 9.79. The molecule has 5 aliphatic rings. The van der Waals surface area contributed by atoms with Gasteiger partial charge in [0.2, 0.25) is 5.91 Å². The van der Waals surface area contributed by atoms with Gasteiger partial charge in [0.1, 0.15) is 17.4 Å². The zero-order chi connectivity index (χ0) is 37.4. The number of nitrogens with zero attached hydrogens (tertiary/aromatic N) is 4. The molecule has 3 aromatic carbocycles. The van der Waals surface area contributed by atoms with Crippen LogP contribution in [0.2, 0.25) is 10.0 Å². The van der Waals surface area contributed by atoms with Gasteiger partial charge >= 0.3 is 0 Å². The van der Waals surface area contributed by atoms with Crippen LogP contribution in [0.15, 0.2) is 54.6 Å². The number of fused-ring (bicyclic) bond motifs is 4. The number of pyridine rings is 1. The highest BCUT2D eigenvalue weighted by Crippen LogP contribution is 2.51. The minimum Gasteiger partial charge on any atom is -0.488 e. The molecule has 2 amide bonds. The standard InChI is InChI=1S/C42H39Cl2FN6O3/c1-21-29-18-34(33-17-27(20-50(33)42(53)22-11-12-22)54-26-8-3-6-24(14-26)41(52)47-2)51(39-25-16-32(39)48-19-25)40(29)30-15-23(7-5-13-46)35(37(45)38(30)49-21)28-9-4-10-31(43)36(28)44/h3-4,6,8-10,14-15,18,22,25,27,32-33,39,48H,5,7,11-12,16-17,19-20H2,1-2H3,(H,47,52)/t25-,27+,32-,33-,39+/m1/s1. The predicted octanol–water partition coefficient (Wildman–Crippen LogP) is 8.09. The van der Waals surface area contributed by atoms with E-state index < -0.39 is 5.82 Å². The van der Waals surface area contributed by atoms with Crippen molar-refractivity contribution in [3.8, 4) is 22.9 Å². The van der Waals surface area contributed by atoms with Gasteiger partial charge in [0.15, 0.2) is 5.82 Å². The van der Waals surface area contributed by atoms with Crippen molar-refractivity contribution in [2.75, 3.05) is 20.1 Å². The molecule has 3 aliphatic heterocycles.